The van der Waals surface area contributed by atoms with Crippen molar-refractivity contribution >= 4 is 32.7 Å². The van der Waals surface area contributed by atoms with Crippen molar-refractivity contribution in [3.63, 3.8) is 0 Å². The van der Waals surface area contributed by atoms with Gasteiger partial charge >= 0.3 is 5.63 Å². The average molecular weight is 297 g/mol. The lowest BCUT2D eigenvalue weighted by Crippen LogP contribution is -2.05. The quantitative estimate of drug-likeness (QED) is 0.649. The number of aryl methyl sites for hydroxylation is 1. The molecule has 0 radical (unpaired) electrons. The van der Waals surface area contributed by atoms with E-state index in [1.54, 1.807) is 13.0 Å². The molecule has 5 heteroatoms. The molecule has 0 aliphatic carbocycles. The summed E-state index contributed by atoms with van der Waals surface area (Å²) in [5.74, 6) is -0.534. The molecule has 0 saturated heterocycles. The predicted octanol–water partition coefficient (Wildman–Crippen LogP) is 2.77. The Kier molecular flexibility index (Phi) is 2.79. The predicted molar refractivity (Wildman–Crippen MR) is 66.6 cm³/mol. The van der Waals surface area contributed by atoms with Gasteiger partial charge in [0.15, 0.2) is 11.4 Å². The summed E-state index contributed by atoms with van der Waals surface area (Å²) in [5, 5.41) is 10.3. The van der Waals surface area contributed by atoms with Crippen LogP contribution in [-0.4, -0.2) is 10.9 Å². The van der Waals surface area contributed by atoms with E-state index in [4.69, 9.17) is 4.42 Å². The zero-order chi connectivity index (χ0) is 12.7. The van der Waals surface area contributed by atoms with Crippen molar-refractivity contribution in [1.29, 1.82) is 0 Å². The van der Waals surface area contributed by atoms with Gasteiger partial charge in [-0.25, -0.2) is 4.79 Å². The molecule has 1 N–H and O–H groups in total. The van der Waals surface area contributed by atoms with Gasteiger partial charge in [-0.1, -0.05) is 0 Å². The van der Waals surface area contributed by atoms with E-state index >= 15 is 0 Å². The molecule has 0 bridgehead atoms. The van der Waals surface area contributed by atoms with Crippen LogP contribution in [0, 0.1) is 6.92 Å². The summed E-state index contributed by atoms with van der Waals surface area (Å²) >= 11 is 3.13. The summed E-state index contributed by atoms with van der Waals surface area (Å²) in [6.45, 7) is 3.05. The first kappa shape index (κ1) is 11.9. The number of hydrogen-bond donors (Lipinski definition) is 1. The van der Waals surface area contributed by atoms with Crippen molar-refractivity contribution in [2.24, 2.45) is 0 Å². The Labute approximate surface area is 105 Å². The number of phenols is 1. The van der Waals surface area contributed by atoms with E-state index in [0.29, 0.717) is 15.4 Å². The van der Waals surface area contributed by atoms with Gasteiger partial charge in [-0.05, 0) is 47.5 Å². The van der Waals surface area contributed by atoms with Crippen LogP contribution in [0.2, 0.25) is 0 Å². The summed E-state index contributed by atoms with van der Waals surface area (Å²) < 4.78 is 5.39. The Balaban J connectivity index is 3.06. The Hall–Kier alpha value is -1.62. The molecule has 88 valence electrons. The maximum atomic E-state index is 11.5. The van der Waals surface area contributed by atoms with Crippen molar-refractivity contribution in [2.75, 3.05) is 0 Å². The summed E-state index contributed by atoms with van der Waals surface area (Å²) in [5.41, 5.74) is 0.278. The number of benzene rings is 1. The van der Waals surface area contributed by atoms with Crippen LogP contribution in [0.3, 0.4) is 0 Å². The molecule has 1 heterocycles. The van der Waals surface area contributed by atoms with Crippen molar-refractivity contribution in [3.05, 3.63) is 38.2 Å². The van der Waals surface area contributed by atoms with Crippen molar-refractivity contribution in [3.8, 4) is 5.75 Å². The Morgan fingerprint density at radius 3 is 2.65 bits per heavy atom. The van der Waals surface area contributed by atoms with Crippen LogP contribution in [0.1, 0.15) is 22.8 Å². The zero-order valence-electron chi connectivity index (χ0n) is 9.20. The molecule has 0 unspecified atom stereocenters. The third kappa shape index (κ3) is 1.76. The van der Waals surface area contributed by atoms with Gasteiger partial charge in [-0.3, -0.25) is 4.79 Å². The lowest BCUT2D eigenvalue weighted by molar-refractivity contribution is 0.101. The van der Waals surface area contributed by atoms with Crippen LogP contribution in [0.4, 0.5) is 0 Å². The minimum Gasteiger partial charge on any atom is -0.507 e. The van der Waals surface area contributed by atoms with Crippen LogP contribution in [0.15, 0.2) is 25.8 Å². The molecule has 0 aliphatic heterocycles. The fourth-order valence-electron chi connectivity index (χ4n) is 1.72. The highest BCUT2D eigenvalue weighted by Gasteiger charge is 2.17. The SMILES string of the molecule is CC(=O)c1c(O)ccc2c(C)c(Br)c(=O)oc12. The highest BCUT2D eigenvalue weighted by molar-refractivity contribution is 9.10. The van der Waals surface area contributed by atoms with E-state index in [0.717, 1.165) is 0 Å². The Morgan fingerprint density at radius 2 is 2.06 bits per heavy atom. The molecule has 17 heavy (non-hydrogen) atoms. The summed E-state index contributed by atoms with van der Waals surface area (Å²) in [6, 6.07) is 3.03. The first-order chi connectivity index (χ1) is 7.93. The van der Waals surface area contributed by atoms with Gasteiger partial charge in [0.25, 0.3) is 0 Å². The number of phenolic OH excluding ortho intramolecular Hbond substituents is 1. The molecule has 0 atom stereocenters. The molecule has 1 aromatic heterocycles. The van der Waals surface area contributed by atoms with E-state index in [1.807, 2.05) is 0 Å². The lowest BCUT2D eigenvalue weighted by Gasteiger charge is -2.07. The first-order valence-corrected chi connectivity index (χ1v) is 5.68. The van der Waals surface area contributed by atoms with Crippen LogP contribution in [0.5, 0.6) is 5.75 Å². The van der Waals surface area contributed by atoms with Crippen LogP contribution >= 0.6 is 15.9 Å². The second-order valence-corrected chi connectivity index (χ2v) is 4.51. The fraction of sp³-hybridized carbons (Fsp3) is 0.167. The molecule has 0 amide bonds. The lowest BCUT2D eigenvalue weighted by atomic mass is 10.0. The topological polar surface area (TPSA) is 67.5 Å². The van der Waals surface area contributed by atoms with Gasteiger partial charge in [0, 0.05) is 5.39 Å². The molecule has 0 saturated carbocycles. The third-order valence-corrected chi connectivity index (χ3v) is 3.51. The van der Waals surface area contributed by atoms with Crippen LogP contribution in [0.25, 0.3) is 11.0 Å². The number of fused-ring (bicyclic) bond motifs is 1. The van der Waals surface area contributed by atoms with Gasteiger partial charge < -0.3 is 9.52 Å². The maximum absolute atomic E-state index is 11.5. The molecule has 4 nitrogen and oxygen atoms in total. The second kappa shape index (κ2) is 4.00. The number of carbonyl (C=O) groups excluding carboxylic acids is 1. The molecular formula is C12H9BrO4. The van der Waals surface area contributed by atoms with E-state index in [1.165, 1.54) is 13.0 Å². The maximum Gasteiger partial charge on any atom is 0.350 e. The van der Waals surface area contributed by atoms with Crippen LogP contribution in [-0.2, 0) is 0 Å². The molecule has 1 aromatic carbocycles. The van der Waals surface area contributed by atoms with Crippen molar-refractivity contribution < 1.29 is 14.3 Å². The van der Waals surface area contributed by atoms with E-state index < -0.39 is 5.63 Å². The molecule has 0 fully saturated rings. The van der Waals surface area contributed by atoms with E-state index in [2.05, 4.69) is 15.9 Å². The summed E-state index contributed by atoms with van der Waals surface area (Å²) in [4.78, 5) is 23.0. The molecule has 2 aromatic rings. The number of hydrogen-bond acceptors (Lipinski definition) is 4. The Bertz CT molecular complexity index is 685. The van der Waals surface area contributed by atoms with E-state index in [9.17, 15) is 14.7 Å². The number of aromatic hydroxyl groups is 1. The monoisotopic (exact) mass is 296 g/mol. The summed E-state index contributed by atoms with van der Waals surface area (Å²) in [6.07, 6.45) is 0. The highest BCUT2D eigenvalue weighted by Crippen LogP contribution is 2.30. The normalized spacial score (nSPS) is 10.8. The van der Waals surface area contributed by atoms with Gasteiger partial charge in [-0.15, -0.1) is 0 Å². The number of halogens is 1. The second-order valence-electron chi connectivity index (χ2n) is 3.72. The van der Waals surface area contributed by atoms with E-state index in [-0.39, 0.29) is 22.7 Å². The number of rotatable bonds is 1. The van der Waals surface area contributed by atoms with Crippen molar-refractivity contribution in [2.45, 2.75) is 13.8 Å². The standard InChI is InChI=1S/C12H9BrO4/c1-5-7-3-4-8(15)9(6(2)14)11(7)17-12(16)10(5)13/h3-4,15H,1-2H3. The summed E-state index contributed by atoms with van der Waals surface area (Å²) in [7, 11) is 0. The number of ketones is 1. The number of Topliss-reactive ketones (excluding diaryl/α,β-unsaturated/α-hetero) is 1. The molecule has 0 spiro atoms. The molecular weight excluding hydrogens is 288 g/mol. The third-order valence-electron chi connectivity index (χ3n) is 2.59. The molecule has 2 rings (SSSR count). The largest absolute Gasteiger partial charge is 0.507 e. The minimum absolute atomic E-state index is 0.0372. The average Bonchev–Trinajstić information content (AvgIpc) is 2.25. The van der Waals surface area contributed by atoms with Crippen molar-refractivity contribution in [1.82, 2.24) is 0 Å². The van der Waals surface area contributed by atoms with Crippen LogP contribution < -0.4 is 5.63 Å². The number of carbonyl (C=O) groups is 1. The van der Waals surface area contributed by atoms with Gasteiger partial charge in [-0.2, -0.15) is 0 Å². The minimum atomic E-state index is -0.567. The highest BCUT2D eigenvalue weighted by atomic mass is 79.9. The zero-order valence-corrected chi connectivity index (χ0v) is 10.8. The van der Waals surface area contributed by atoms with Gasteiger partial charge in [0.05, 0.1) is 0 Å². The Morgan fingerprint density at radius 1 is 1.41 bits per heavy atom. The van der Waals surface area contributed by atoms with Gasteiger partial charge in [0.2, 0.25) is 0 Å². The first-order valence-electron chi connectivity index (χ1n) is 4.89. The fourth-order valence-corrected chi connectivity index (χ4v) is 2.02. The smallest absolute Gasteiger partial charge is 0.350 e. The molecule has 0 aliphatic rings. The van der Waals surface area contributed by atoms with Gasteiger partial charge in [0.1, 0.15) is 15.8 Å².